The number of hydrogen-bond acceptors (Lipinski definition) is 3. The zero-order chi connectivity index (χ0) is 15.5. The van der Waals surface area contributed by atoms with Crippen LogP contribution in [0.1, 0.15) is 5.56 Å². The maximum Gasteiger partial charge on any atom is 0.471 e. The van der Waals surface area contributed by atoms with Gasteiger partial charge >= 0.3 is 18.1 Å². The number of nitrogens with one attached hydrogen (secondary N) is 1. The maximum atomic E-state index is 12.1. The van der Waals surface area contributed by atoms with Crippen molar-refractivity contribution >= 4 is 34.5 Å². The number of phenolic OH excluding ortho intramolecular Hbond substituents is 1. The molecule has 0 fully saturated rings. The Balaban J connectivity index is 2.85. The number of alkyl halides is 3. The van der Waals surface area contributed by atoms with Crippen LogP contribution in [-0.2, 0) is 16.0 Å². The van der Waals surface area contributed by atoms with E-state index in [9.17, 15) is 27.9 Å². The van der Waals surface area contributed by atoms with Gasteiger partial charge in [0.05, 0.1) is 3.57 Å². The quantitative estimate of drug-likeness (QED) is 0.668. The Labute approximate surface area is 124 Å². The van der Waals surface area contributed by atoms with Crippen molar-refractivity contribution in [3.8, 4) is 5.75 Å². The minimum Gasteiger partial charge on any atom is -0.507 e. The molecule has 0 radical (unpaired) electrons. The third kappa shape index (κ3) is 4.54. The van der Waals surface area contributed by atoms with E-state index in [1.807, 2.05) is 0 Å². The lowest BCUT2D eigenvalue weighted by Crippen LogP contribution is -2.47. The molecule has 0 bridgehead atoms. The number of carbonyl (C=O) groups excluding carboxylic acids is 1. The number of carboxylic acid groups (broad SMARTS) is 1. The highest BCUT2D eigenvalue weighted by Gasteiger charge is 2.40. The number of amides is 1. The van der Waals surface area contributed by atoms with Crippen LogP contribution >= 0.6 is 22.6 Å². The van der Waals surface area contributed by atoms with Gasteiger partial charge < -0.3 is 15.5 Å². The Kier molecular flexibility index (Phi) is 5.20. The van der Waals surface area contributed by atoms with Crippen LogP contribution in [0.2, 0.25) is 0 Å². The summed E-state index contributed by atoms with van der Waals surface area (Å²) in [7, 11) is 0. The van der Waals surface area contributed by atoms with Crippen LogP contribution in [0.25, 0.3) is 0 Å². The number of hydrogen-bond donors (Lipinski definition) is 3. The van der Waals surface area contributed by atoms with Gasteiger partial charge in [0, 0.05) is 6.42 Å². The molecule has 0 spiro atoms. The summed E-state index contributed by atoms with van der Waals surface area (Å²) >= 11 is 1.79. The van der Waals surface area contributed by atoms with Crippen molar-refractivity contribution in [2.75, 3.05) is 0 Å². The molecule has 9 heteroatoms. The number of carboxylic acids is 1. The molecule has 1 amide bonds. The SMILES string of the molecule is O=C(O)[C@@H](Cc1ccc(O)c(I)c1)NC(=O)C(F)(F)F. The van der Waals surface area contributed by atoms with E-state index in [-0.39, 0.29) is 12.2 Å². The highest BCUT2D eigenvalue weighted by Crippen LogP contribution is 2.21. The first kappa shape index (κ1) is 16.5. The second kappa shape index (κ2) is 6.29. The van der Waals surface area contributed by atoms with E-state index in [1.54, 1.807) is 22.6 Å². The number of benzene rings is 1. The van der Waals surface area contributed by atoms with Gasteiger partial charge in [-0.25, -0.2) is 4.79 Å². The van der Waals surface area contributed by atoms with Crippen LogP contribution in [0.5, 0.6) is 5.75 Å². The molecule has 5 nitrogen and oxygen atoms in total. The highest BCUT2D eigenvalue weighted by atomic mass is 127. The van der Waals surface area contributed by atoms with E-state index in [1.165, 1.54) is 23.5 Å². The fourth-order valence-corrected chi connectivity index (χ4v) is 1.93. The zero-order valence-corrected chi connectivity index (χ0v) is 11.9. The van der Waals surface area contributed by atoms with Gasteiger partial charge in [-0.15, -0.1) is 0 Å². The van der Waals surface area contributed by atoms with Crippen molar-refractivity contribution in [1.29, 1.82) is 0 Å². The number of rotatable bonds is 4. The van der Waals surface area contributed by atoms with E-state index in [0.717, 1.165) is 0 Å². The molecule has 0 aliphatic rings. The standard InChI is InChI=1S/C11H9F3INO4/c12-11(13,14)10(20)16-7(9(18)19)4-5-1-2-8(17)6(15)3-5/h1-3,7,17H,4H2,(H,16,20)(H,18,19)/t7-/m1/s1. The van der Waals surface area contributed by atoms with E-state index in [0.29, 0.717) is 9.13 Å². The Bertz CT molecular complexity index is 533. The number of carbonyl (C=O) groups is 2. The number of aliphatic carboxylic acids is 1. The molecule has 0 unspecified atom stereocenters. The third-order valence-corrected chi connectivity index (χ3v) is 3.18. The van der Waals surface area contributed by atoms with Crippen LogP contribution < -0.4 is 5.32 Å². The Morgan fingerprint density at radius 1 is 1.35 bits per heavy atom. The Morgan fingerprint density at radius 3 is 2.40 bits per heavy atom. The topological polar surface area (TPSA) is 86.6 Å². The van der Waals surface area contributed by atoms with E-state index in [2.05, 4.69) is 0 Å². The maximum absolute atomic E-state index is 12.1. The van der Waals surface area contributed by atoms with Crippen molar-refractivity contribution in [3.05, 3.63) is 27.3 Å². The summed E-state index contributed by atoms with van der Waals surface area (Å²) in [6, 6.07) is 2.38. The molecule has 3 N–H and O–H groups in total. The van der Waals surface area contributed by atoms with E-state index in [4.69, 9.17) is 5.11 Å². The van der Waals surface area contributed by atoms with E-state index < -0.39 is 24.1 Å². The highest BCUT2D eigenvalue weighted by molar-refractivity contribution is 14.1. The molecule has 0 aromatic heterocycles. The van der Waals surface area contributed by atoms with Gasteiger partial charge in [0.25, 0.3) is 0 Å². The Morgan fingerprint density at radius 2 is 1.95 bits per heavy atom. The van der Waals surface area contributed by atoms with Gasteiger partial charge in [0.2, 0.25) is 0 Å². The lowest BCUT2D eigenvalue weighted by Gasteiger charge is -2.16. The molecule has 0 aliphatic heterocycles. The van der Waals surface area contributed by atoms with Crippen molar-refractivity contribution in [1.82, 2.24) is 5.32 Å². The van der Waals surface area contributed by atoms with Crippen LogP contribution in [-0.4, -0.2) is 34.3 Å². The summed E-state index contributed by atoms with van der Waals surface area (Å²) in [5, 5.41) is 19.5. The fourth-order valence-electron chi connectivity index (χ4n) is 1.35. The molecule has 0 saturated carbocycles. The zero-order valence-electron chi connectivity index (χ0n) is 9.74. The van der Waals surface area contributed by atoms with Crippen LogP contribution in [0.4, 0.5) is 13.2 Å². The normalized spacial score (nSPS) is 12.8. The van der Waals surface area contributed by atoms with Crippen LogP contribution in [0.3, 0.4) is 0 Å². The second-order valence-corrected chi connectivity index (χ2v) is 5.01. The molecule has 1 rings (SSSR count). The summed E-state index contributed by atoms with van der Waals surface area (Å²) in [6.07, 6.45) is -5.47. The smallest absolute Gasteiger partial charge is 0.471 e. The monoisotopic (exact) mass is 403 g/mol. The number of aromatic hydroxyl groups is 1. The van der Waals surface area contributed by atoms with Crippen LogP contribution in [0, 0.1) is 3.57 Å². The number of phenols is 1. The molecule has 1 aromatic rings. The van der Waals surface area contributed by atoms with E-state index >= 15 is 0 Å². The Hall–Kier alpha value is -1.52. The molecule has 110 valence electrons. The average Bonchev–Trinajstić information content (AvgIpc) is 2.31. The first-order chi connectivity index (χ1) is 9.11. The first-order valence-electron chi connectivity index (χ1n) is 5.19. The van der Waals surface area contributed by atoms with Crippen molar-refractivity contribution in [2.24, 2.45) is 0 Å². The third-order valence-electron chi connectivity index (χ3n) is 2.31. The second-order valence-electron chi connectivity index (χ2n) is 3.85. The fraction of sp³-hybridized carbons (Fsp3) is 0.273. The molecular weight excluding hydrogens is 394 g/mol. The molecule has 0 saturated heterocycles. The predicted molar refractivity (Wildman–Crippen MR) is 70.1 cm³/mol. The molecule has 0 aliphatic carbocycles. The molecule has 1 atom stereocenters. The number of halogens is 4. The lowest BCUT2D eigenvalue weighted by atomic mass is 10.1. The van der Waals surface area contributed by atoms with Crippen molar-refractivity contribution in [2.45, 2.75) is 18.6 Å². The predicted octanol–water partition coefficient (Wildman–Crippen LogP) is 1.67. The van der Waals surface area contributed by atoms with Gasteiger partial charge in [0.15, 0.2) is 0 Å². The molecule has 1 aromatic carbocycles. The molecule has 0 heterocycles. The van der Waals surface area contributed by atoms with Gasteiger partial charge in [-0.05, 0) is 40.3 Å². The van der Waals surface area contributed by atoms with Crippen molar-refractivity contribution in [3.63, 3.8) is 0 Å². The minimum absolute atomic E-state index is 0.0273. The van der Waals surface area contributed by atoms with Gasteiger partial charge in [0.1, 0.15) is 11.8 Å². The summed E-state index contributed by atoms with van der Waals surface area (Å²) in [6.45, 7) is 0. The van der Waals surface area contributed by atoms with Gasteiger partial charge in [-0.3, -0.25) is 4.79 Å². The average molecular weight is 403 g/mol. The van der Waals surface area contributed by atoms with Crippen molar-refractivity contribution < 1.29 is 33.0 Å². The summed E-state index contributed by atoms with van der Waals surface area (Å²) in [5.74, 6) is -3.91. The molecular formula is C11H9F3INO4. The van der Waals surface area contributed by atoms with Crippen LogP contribution in [0.15, 0.2) is 18.2 Å². The summed E-state index contributed by atoms with van der Waals surface area (Å²) in [5.41, 5.74) is 0.377. The summed E-state index contributed by atoms with van der Waals surface area (Å²) in [4.78, 5) is 21.6. The molecule has 20 heavy (non-hydrogen) atoms. The largest absolute Gasteiger partial charge is 0.507 e. The lowest BCUT2D eigenvalue weighted by molar-refractivity contribution is -0.175. The first-order valence-corrected chi connectivity index (χ1v) is 6.27. The van der Waals surface area contributed by atoms with Gasteiger partial charge in [-0.1, -0.05) is 6.07 Å². The summed E-state index contributed by atoms with van der Waals surface area (Å²) < 4.78 is 36.7. The van der Waals surface area contributed by atoms with Gasteiger partial charge in [-0.2, -0.15) is 13.2 Å². The minimum atomic E-state index is -5.14.